The maximum absolute atomic E-state index is 11.6. The van der Waals surface area contributed by atoms with Crippen LogP contribution in [0.1, 0.15) is 25.0 Å². The Labute approximate surface area is 155 Å². The minimum Gasteiger partial charge on any atom is -0.398 e. The molecular weight excluding hydrogens is 360 g/mol. The van der Waals surface area contributed by atoms with Crippen molar-refractivity contribution >= 4 is 22.0 Å². The van der Waals surface area contributed by atoms with Crippen LogP contribution in [0.5, 0.6) is 0 Å². The number of aryl methyl sites for hydroxylation is 2. The summed E-state index contributed by atoms with van der Waals surface area (Å²) in [7, 11) is -4.28. The number of aliphatic hydroxyl groups excluding tert-OH is 1. The lowest BCUT2D eigenvalue weighted by molar-refractivity contribution is -0.137. The average molecular weight is 386 g/mol. The summed E-state index contributed by atoms with van der Waals surface area (Å²) in [5, 5.41) is 8.42. The van der Waals surface area contributed by atoms with Gasteiger partial charge in [-0.15, -0.1) is 10.7 Å². The van der Waals surface area contributed by atoms with Gasteiger partial charge in [0.1, 0.15) is 19.9 Å². The van der Waals surface area contributed by atoms with Crippen LogP contribution in [0, 0.1) is 26.2 Å². The van der Waals surface area contributed by atoms with E-state index in [1.165, 1.54) is 0 Å². The highest BCUT2D eigenvalue weighted by Crippen LogP contribution is 2.13. The fraction of sp³-hybridized carbons (Fsp3) is 0.471. The van der Waals surface area contributed by atoms with Gasteiger partial charge in [-0.05, 0) is 38.8 Å². The quantitative estimate of drug-likeness (QED) is 0.310. The summed E-state index contributed by atoms with van der Waals surface area (Å²) in [5.41, 5.74) is 8.92. The van der Waals surface area contributed by atoms with Gasteiger partial charge in [0.2, 0.25) is 0 Å². The molecule has 0 heterocycles. The second-order valence-electron chi connectivity index (χ2n) is 5.54. The van der Waals surface area contributed by atoms with Crippen molar-refractivity contribution in [2.45, 2.75) is 33.7 Å². The van der Waals surface area contributed by atoms with E-state index in [9.17, 15) is 13.2 Å². The zero-order valence-electron chi connectivity index (χ0n) is 15.4. The van der Waals surface area contributed by atoms with E-state index in [0.29, 0.717) is 0 Å². The molecular formula is C17H26N2O6S. The second kappa shape index (κ2) is 11.5. The molecule has 0 atom stereocenters. The number of anilines is 1. The number of nitrogens with zero attached hydrogens (tertiary/aromatic N) is 1. The Bertz CT molecular complexity index is 705. The van der Waals surface area contributed by atoms with Crippen LogP contribution in [0.2, 0.25) is 0 Å². The highest BCUT2D eigenvalue weighted by molar-refractivity contribution is 7.84. The number of aliphatic hydroxyl groups is 1. The van der Waals surface area contributed by atoms with Crippen LogP contribution in [0.15, 0.2) is 18.2 Å². The summed E-state index contributed by atoms with van der Waals surface area (Å²) in [4.78, 5) is 10.7. The van der Waals surface area contributed by atoms with Crippen molar-refractivity contribution in [2.75, 3.05) is 25.7 Å². The summed E-state index contributed by atoms with van der Waals surface area (Å²) in [6, 6.07) is 5.57. The third-order valence-corrected chi connectivity index (χ3v) is 4.63. The monoisotopic (exact) mass is 386 g/mol. The number of rotatable bonds is 7. The van der Waals surface area contributed by atoms with E-state index in [4.69, 9.17) is 22.0 Å². The molecule has 8 nitrogen and oxygen atoms in total. The number of terminal acetylenes is 1. The van der Waals surface area contributed by atoms with Crippen LogP contribution < -0.4 is 5.73 Å². The predicted octanol–water partition coefficient (Wildman–Crippen LogP) is 0.970. The van der Waals surface area contributed by atoms with Gasteiger partial charge < -0.3 is 19.8 Å². The Hall–Kier alpha value is -2.12. The van der Waals surface area contributed by atoms with Crippen molar-refractivity contribution in [3.8, 4) is 12.3 Å². The van der Waals surface area contributed by atoms with Crippen molar-refractivity contribution < 1.29 is 27.2 Å². The number of para-hydroxylation sites is 1. The minimum atomic E-state index is -4.28. The molecule has 0 aromatic heterocycles. The molecule has 0 aliphatic rings. The molecule has 3 N–H and O–H groups in total. The highest BCUT2D eigenvalue weighted by atomic mass is 32.2. The largest absolute Gasteiger partial charge is 0.398 e. The van der Waals surface area contributed by atoms with Gasteiger partial charge in [-0.1, -0.05) is 24.1 Å². The number of nitrogens with two attached hydrogens (primary N) is 1. The van der Waals surface area contributed by atoms with Crippen molar-refractivity contribution in [3.05, 3.63) is 29.3 Å². The van der Waals surface area contributed by atoms with Crippen molar-refractivity contribution in [3.63, 3.8) is 0 Å². The molecule has 146 valence electrons. The van der Waals surface area contributed by atoms with Crippen LogP contribution in [0.4, 0.5) is 5.69 Å². The standard InChI is InChI=1S/C9H15NO6S.C8H11N/c1-4-5-15-7-10(8(2)3)17(13,14)16-9(12)6-11;1-6-4-3-5-7(2)8(6)9/h1,8,11H,5-7H2,2-3H3;3-5H,9H2,1-2H3. The predicted molar refractivity (Wildman–Crippen MR) is 99.1 cm³/mol. The zero-order chi connectivity index (χ0) is 20.3. The average Bonchev–Trinajstić information content (AvgIpc) is 2.56. The Kier molecular flexibility index (Phi) is 10.6. The second-order valence-corrected chi connectivity index (χ2v) is 7.03. The first kappa shape index (κ1) is 23.9. The van der Waals surface area contributed by atoms with E-state index in [1.54, 1.807) is 13.8 Å². The molecule has 0 aliphatic carbocycles. The molecule has 0 fully saturated rings. The molecule has 9 heteroatoms. The first-order valence-corrected chi connectivity index (χ1v) is 9.11. The van der Waals surface area contributed by atoms with E-state index in [-0.39, 0.29) is 13.3 Å². The van der Waals surface area contributed by atoms with Crippen LogP contribution >= 0.6 is 0 Å². The van der Waals surface area contributed by atoms with Crippen LogP contribution in [-0.4, -0.2) is 49.8 Å². The third-order valence-electron chi connectivity index (χ3n) is 3.14. The number of carbonyl (C=O) groups is 1. The number of nitrogen functional groups attached to an aromatic ring is 1. The summed E-state index contributed by atoms with van der Waals surface area (Å²) in [6.45, 7) is 5.77. The molecule has 1 rings (SSSR count). The molecule has 0 aliphatic heterocycles. The zero-order valence-corrected chi connectivity index (χ0v) is 16.2. The van der Waals surface area contributed by atoms with Gasteiger partial charge in [-0.3, -0.25) is 0 Å². The molecule has 1 aromatic rings. The lowest BCUT2D eigenvalue weighted by Crippen LogP contribution is -2.41. The Morgan fingerprint density at radius 1 is 1.35 bits per heavy atom. The van der Waals surface area contributed by atoms with Gasteiger partial charge in [-0.2, -0.15) is 8.42 Å². The molecule has 26 heavy (non-hydrogen) atoms. The summed E-state index contributed by atoms with van der Waals surface area (Å²) in [6.07, 6.45) is 4.94. The topological polar surface area (TPSA) is 119 Å². The van der Waals surface area contributed by atoms with Gasteiger partial charge >= 0.3 is 16.3 Å². The van der Waals surface area contributed by atoms with E-state index in [2.05, 4.69) is 10.1 Å². The lowest BCUT2D eigenvalue weighted by atomic mass is 10.1. The van der Waals surface area contributed by atoms with Gasteiger partial charge in [-0.25, -0.2) is 4.79 Å². The van der Waals surface area contributed by atoms with Crippen molar-refractivity contribution in [1.82, 2.24) is 4.31 Å². The fourth-order valence-electron chi connectivity index (χ4n) is 1.69. The van der Waals surface area contributed by atoms with Crippen molar-refractivity contribution in [1.29, 1.82) is 0 Å². The van der Waals surface area contributed by atoms with Gasteiger partial charge in [0.25, 0.3) is 0 Å². The maximum atomic E-state index is 11.6. The number of ether oxygens (including phenoxy) is 1. The molecule has 0 saturated heterocycles. The van der Waals surface area contributed by atoms with E-state index < -0.39 is 28.9 Å². The van der Waals surface area contributed by atoms with Gasteiger partial charge in [0.15, 0.2) is 0 Å². The molecule has 1 aromatic carbocycles. The first-order valence-electron chi connectivity index (χ1n) is 7.74. The van der Waals surface area contributed by atoms with Crippen LogP contribution in [0.3, 0.4) is 0 Å². The van der Waals surface area contributed by atoms with E-state index >= 15 is 0 Å². The molecule has 0 unspecified atom stereocenters. The molecule has 0 radical (unpaired) electrons. The first-order chi connectivity index (χ1) is 12.1. The maximum Gasteiger partial charge on any atom is 0.389 e. The van der Waals surface area contributed by atoms with E-state index in [1.807, 2.05) is 32.0 Å². The molecule has 0 bridgehead atoms. The summed E-state index contributed by atoms with van der Waals surface area (Å²) >= 11 is 0. The van der Waals surface area contributed by atoms with Gasteiger partial charge in [0.05, 0.1) is 0 Å². The van der Waals surface area contributed by atoms with Crippen LogP contribution in [0.25, 0.3) is 0 Å². The molecule has 0 amide bonds. The number of benzene rings is 1. The lowest BCUT2D eigenvalue weighted by Gasteiger charge is -2.23. The number of carbonyl (C=O) groups excluding carboxylic acids is 1. The van der Waals surface area contributed by atoms with Crippen LogP contribution in [-0.2, 0) is 24.0 Å². The van der Waals surface area contributed by atoms with E-state index in [0.717, 1.165) is 21.1 Å². The highest BCUT2D eigenvalue weighted by Gasteiger charge is 2.29. The number of hydrogen-bond donors (Lipinski definition) is 2. The summed E-state index contributed by atoms with van der Waals surface area (Å²) in [5.74, 6) is 0.917. The normalized spacial score (nSPS) is 10.8. The molecule has 0 spiro atoms. The third kappa shape index (κ3) is 8.31. The SMILES string of the molecule is C#CCOCN(C(C)C)S(=O)(=O)OC(=O)CO.Cc1cccc(C)c1N. The van der Waals surface area contributed by atoms with Crippen molar-refractivity contribution in [2.24, 2.45) is 0 Å². The Balaban J connectivity index is 0.000000577. The Morgan fingerprint density at radius 3 is 2.27 bits per heavy atom. The molecule has 0 saturated carbocycles. The Morgan fingerprint density at radius 2 is 1.88 bits per heavy atom. The van der Waals surface area contributed by atoms with Gasteiger partial charge in [0, 0.05) is 11.7 Å². The smallest absolute Gasteiger partial charge is 0.389 e. The summed E-state index contributed by atoms with van der Waals surface area (Å²) < 4.78 is 32.9. The number of hydrogen-bond acceptors (Lipinski definition) is 7. The minimum absolute atomic E-state index is 0.0628. The fourth-order valence-corrected chi connectivity index (χ4v) is 2.79.